The molecule has 3 unspecified atom stereocenters. The molecule has 2 amide bonds. The zero-order valence-electron chi connectivity index (χ0n) is 13.4. The van der Waals surface area contributed by atoms with E-state index in [9.17, 15) is 4.79 Å². The topological polar surface area (TPSA) is 32.3 Å². The first-order chi connectivity index (χ1) is 9.43. The van der Waals surface area contributed by atoms with E-state index in [2.05, 4.69) is 31.0 Å². The first-order valence-corrected chi connectivity index (χ1v) is 8.49. The van der Waals surface area contributed by atoms with Crippen molar-refractivity contribution < 1.29 is 4.79 Å². The van der Waals surface area contributed by atoms with Gasteiger partial charge in [-0.1, -0.05) is 33.6 Å². The molecule has 3 heteroatoms. The lowest BCUT2D eigenvalue weighted by molar-refractivity contribution is 0.105. The van der Waals surface area contributed by atoms with E-state index < -0.39 is 0 Å². The molecule has 0 aromatic heterocycles. The Morgan fingerprint density at radius 2 is 1.75 bits per heavy atom. The summed E-state index contributed by atoms with van der Waals surface area (Å²) in [4.78, 5) is 14.7. The predicted octanol–water partition coefficient (Wildman–Crippen LogP) is 3.79. The summed E-state index contributed by atoms with van der Waals surface area (Å²) in [6.07, 6.45) is 8.82. The van der Waals surface area contributed by atoms with Crippen LogP contribution in [0.2, 0.25) is 0 Å². The number of hydrogen-bond acceptors (Lipinski definition) is 1. The van der Waals surface area contributed by atoms with E-state index in [1.807, 2.05) is 0 Å². The maximum absolute atomic E-state index is 12.6. The molecular formula is C17H30N2O. The van der Waals surface area contributed by atoms with Gasteiger partial charge in [0.05, 0.1) is 0 Å². The van der Waals surface area contributed by atoms with E-state index in [1.165, 1.54) is 44.9 Å². The molecule has 3 nitrogen and oxygen atoms in total. The summed E-state index contributed by atoms with van der Waals surface area (Å²) in [6.45, 7) is 8.98. The van der Waals surface area contributed by atoms with Crippen LogP contribution in [0.3, 0.4) is 0 Å². The van der Waals surface area contributed by atoms with Crippen molar-refractivity contribution in [1.29, 1.82) is 0 Å². The summed E-state index contributed by atoms with van der Waals surface area (Å²) in [5, 5.41) is 3.43. The summed E-state index contributed by atoms with van der Waals surface area (Å²) in [5.41, 5.74) is 0.587. The van der Waals surface area contributed by atoms with Crippen molar-refractivity contribution in [3.05, 3.63) is 0 Å². The molecule has 2 bridgehead atoms. The third-order valence-electron chi connectivity index (χ3n) is 6.43. The van der Waals surface area contributed by atoms with E-state index in [1.54, 1.807) is 0 Å². The molecule has 0 aromatic rings. The number of nitrogens with one attached hydrogen (secondary N) is 1. The Hall–Kier alpha value is -0.730. The second-order valence-electron chi connectivity index (χ2n) is 8.20. The summed E-state index contributed by atoms with van der Waals surface area (Å²) < 4.78 is 0. The lowest BCUT2D eigenvalue weighted by Crippen LogP contribution is -2.55. The minimum Gasteiger partial charge on any atom is -0.334 e. The van der Waals surface area contributed by atoms with Crippen molar-refractivity contribution in [1.82, 2.24) is 10.2 Å². The highest BCUT2D eigenvalue weighted by Crippen LogP contribution is 2.62. The van der Waals surface area contributed by atoms with Crippen LogP contribution in [0.25, 0.3) is 0 Å². The molecule has 3 atom stereocenters. The van der Waals surface area contributed by atoms with Gasteiger partial charge < -0.3 is 10.2 Å². The Bertz CT molecular complexity index is 380. The molecule has 114 valence electrons. The fourth-order valence-corrected chi connectivity index (χ4v) is 5.15. The monoisotopic (exact) mass is 278 g/mol. The van der Waals surface area contributed by atoms with E-state index in [0.717, 1.165) is 19.0 Å². The van der Waals surface area contributed by atoms with Crippen molar-refractivity contribution >= 4 is 6.03 Å². The van der Waals surface area contributed by atoms with E-state index in [-0.39, 0.29) is 11.4 Å². The van der Waals surface area contributed by atoms with Gasteiger partial charge >= 0.3 is 6.03 Å². The summed E-state index contributed by atoms with van der Waals surface area (Å²) in [5.74, 6) is 0.793. The molecule has 1 N–H and O–H groups in total. The average molecular weight is 278 g/mol. The first kappa shape index (κ1) is 14.2. The highest BCUT2D eigenvalue weighted by Gasteiger charge is 2.59. The van der Waals surface area contributed by atoms with Gasteiger partial charge in [0.15, 0.2) is 0 Å². The standard InChI is InChI=1S/C17H30N2O/c1-16(2)13-8-9-17(3,12-13)14(16)18-15(20)19-10-6-4-5-7-11-19/h13-14H,4-12H2,1-3H3,(H,18,20). The zero-order valence-corrected chi connectivity index (χ0v) is 13.4. The predicted molar refractivity (Wildman–Crippen MR) is 81.6 cm³/mol. The molecule has 3 fully saturated rings. The maximum atomic E-state index is 12.6. The fraction of sp³-hybridized carbons (Fsp3) is 0.941. The van der Waals surface area contributed by atoms with Crippen molar-refractivity contribution in [2.24, 2.45) is 16.7 Å². The zero-order chi connectivity index (χ0) is 14.4. The Morgan fingerprint density at radius 3 is 2.30 bits per heavy atom. The van der Waals surface area contributed by atoms with Crippen molar-refractivity contribution in [2.45, 2.75) is 71.8 Å². The Labute approximate surface area is 123 Å². The molecule has 20 heavy (non-hydrogen) atoms. The van der Waals surface area contributed by atoms with Gasteiger partial charge in [-0.3, -0.25) is 0 Å². The number of carbonyl (C=O) groups excluding carboxylic acids is 1. The van der Waals surface area contributed by atoms with Gasteiger partial charge in [-0.25, -0.2) is 4.79 Å². The van der Waals surface area contributed by atoms with Crippen molar-refractivity contribution in [2.75, 3.05) is 13.1 Å². The van der Waals surface area contributed by atoms with Gasteiger partial charge in [0.1, 0.15) is 0 Å². The number of urea groups is 1. The molecule has 1 saturated heterocycles. The highest BCUT2D eigenvalue weighted by molar-refractivity contribution is 5.75. The van der Waals surface area contributed by atoms with Crippen LogP contribution in [0.1, 0.15) is 65.7 Å². The first-order valence-electron chi connectivity index (χ1n) is 8.49. The Balaban J connectivity index is 1.69. The van der Waals surface area contributed by atoms with Crippen LogP contribution in [-0.2, 0) is 0 Å². The average Bonchev–Trinajstić information content (AvgIpc) is 2.71. The number of likely N-dealkylation sites (tertiary alicyclic amines) is 1. The molecule has 3 rings (SSSR count). The molecule has 0 aromatic carbocycles. The number of nitrogens with zero attached hydrogens (tertiary/aromatic N) is 1. The molecule has 3 aliphatic rings. The minimum absolute atomic E-state index is 0.193. The molecule has 0 spiro atoms. The largest absolute Gasteiger partial charge is 0.334 e. The van der Waals surface area contributed by atoms with Crippen LogP contribution in [0.5, 0.6) is 0 Å². The van der Waals surface area contributed by atoms with Gasteiger partial charge in [-0.15, -0.1) is 0 Å². The number of hydrogen-bond donors (Lipinski definition) is 1. The van der Waals surface area contributed by atoms with Gasteiger partial charge in [0.25, 0.3) is 0 Å². The van der Waals surface area contributed by atoms with E-state index >= 15 is 0 Å². The number of amides is 2. The van der Waals surface area contributed by atoms with Gasteiger partial charge in [-0.05, 0) is 48.9 Å². The molecular weight excluding hydrogens is 248 g/mol. The molecule has 0 radical (unpaired) electrons. The van der Waals surface area contributed by atoms with Crippen LogP contribution in [0.15, 0.2) is 0 Å². The Kier molecular flexibility index (Phi) is 3.50. The van der Waals surface area contributed by atoms with Crippen LogP contribution < -0.4 is 5.32 Å². The van der Waals surface area contributed by atoms with E-state index in [0.29, 0.717) is 11.5 Å². The van der Waals surface area contributed by atoms with Crippen LogP contribution in [0, 0.1) is 16.7 Å². The lowest BCUT2D eigenvalue weighted by Gasteiger charge is -2.43. The van der Waals surface area contributed by atoms with Crippen LogP contribution in [0.4, 0.5) is 4.79 Å². The second-order valence-corrected chi connectivity index (χ2v) is 8.20. The second kappa shape index (κ2) is 4.92. The quantitative estimate of drug-likeness (QED) is 0.777. The number of rotatable bonds is 1. The smallest absolute Gasteiger partial charge is 0.317 e. The van der Waals surface area contributed by atoms with Gasteiger partial charge in [-0.2, -0.15) is 0 Å². The summed E-state index contributed by atoms with van der Waals surface area (Å²) in [6, 6.07) is 0.545. The molecule has 2 aliphatic carbocycles. The van der Waals surface area contributed by atoms with Crippen LogP contribution in [-0.4, -0.2) is 30.1 Å². The third kappa shape index (κ3) is 2.23. The van der Waals surface area contributed by atoms with Crippen molar-refractivity contribution in [3.63, 3.8) is 0 Å². The fourth-order valence-electron chi connectivity index (χ4n) is 5.15. The third-order valence-corrected chi connectivity index (χ3v) is 6.43. The normalized spacial score (nSPS) is 39.6. The van der Waals surface area contributed by atoms with Crippen molar-refractivity contribution in [3.8, 4) is 0 Å². The summed E-state index contributed by atoms with van der Waals surface area (Å²) in [7, 11) is 0. The molecule has 1 heterocycles. The Morgan fingerprint density at radius 1 is 1.10 bits per heavy atom. The SMILES string of the molecule is CC12CCC(C1)C(C)(C)C2NC(=O)N1CCCCCC1. The lowest BCUT2D eigenvalue weighted by atomic mass is 9.68. The minimum atomic E-state index is 0.193. The highest BCUT2D eigenvalue weighted by atomic mass is 16.2. The van der Waals surface area contributed by atoms with Gasteiger partial charge in [0.2, 0.25) is 0 Å². The maximum Gasteiger partial charge on any atom is 0.317 e. The number of carbonyl (C=O) groups is 1. The molecule has 2 saturated carbocycles. The van der Waals surface area contributed by atoms with E-state index in [4.69, 9.17) is 0 Å². The summed E-state index contributed by atoms with van der Waals surface area (Å²) >= 11 is 0. The number of fused-ring (bicyclic) bond motifs is 2. The van der Waals surface area contributed by atoms with Gasteiger partial charge in [0, 0.05) is 19.1 Å². The molecule has 1 aliphatic heterocycles. The van der Waals surface area contributed by atoms with Crippen LogP contribution >= 0.6 is 0 Å².